The van der Waals surface area contributed by atoms with Gasteiger partial charge < -0.3 is 14.7 Å². The molecular weight excluding hydrogens is 414 g/mol. The molecule has 0 saturated carbocycles. The molecule has 168 valence electrons. The fourth-order valence-corrected chi connectivity index (χ4v) is 3.99. The molecule has 1 atom stereocenters. The van der Waals surface area contributed by atoms with Gasteiger partial charge in [-0.05, 0) is 44.4 Å². The van der Waals surface area contributed by atoms with E-state index in [2.05, 4.69) is 6.58 Å². The van der Waals surface area contributed by atoms with Gasteiger partial charge in [0.15, 0.2) is 0 Å². The Balaban J connectivity index is 1.68. The molecule has 1 fully saturated rings. The molecule has 0 bridgehead atoms. The first-order valence-corrected chi connectivity index (χ1v) is 10.2. The molecule has 2 aliphatic heterocycles. The van der Waals surface area contributed by atoms with Gasteiger partial charge in [0.1, 0.15) is 11.5 Å². The van der Waals surface area contributed by atoms with Crippen LogP contribution in [0.15, 0.2) is 42.8 Å². The van der Waals surface area contributed by atoms with Crippen molar-refractivity contribution in [3.05, 3.63) is 48.6 Å². The van der Waals surface area contributed by atoms with Gasteiger partial charge in [-0.15, -0.1) is 0 Å². The van der Waals surface area contributed by atoms with Crippen molar-refractivity contribution < 1.29 is 27.2 Å². The van der Waals surface area contributed by atoms with Gasteiger partial charge in [-0.2, -0.15) is 13.2 Å². The summed E-state index contributed by atoms with van der Waals surface area (Å²) in [4.78, 5) is 29.5. The molecule has 0 aromatic heterocycles. The first-order chi connectivity index (χ1) is 14.6. The summed E-state index contributed by atoms with van der Waals surface area (Å²) in [6, 6.07) is 4.08. The maximum absolute atomic E-state index is 13.9. The number of benzene rings is 1. The van der Waals surface area contributed by atoms with Gasteiger partial charge in [0.05, 0.1) is 17.3 Å². The van der Waals surface area contributed by atoms with Crippen molar-refractivity contribution in [2.24, 2.45) is 5.92 Å². The van der Waals surface area contributed by atoms with E-state index in [0.717, 1.165) is 0 Å². The molecule has 1 saturated heterocycles. The second kappa shape index (κ2) is 9.11. The van der Waals surface area contributed by atoms with E-state index in [1.807, 2.05) is 0 Å². The molecular formula is C22H25F4N3O2. The number of hydrogen-bond donors (Lipinski definition) is 0. The quantitative estimate of drug-likeness (QED) is 0.497. The van der Waals surface area contributed by atoms with E-state index < -0.39 is 23.8 Å². The number of carbonyl (C=O) groups is 2. The number of fused-ring (bicyclic) bond motifs is 1. The van der Waals surface area contributed by atoms with Crippen molar-refractivity contribution in [1.29, 1.82) is 0 Å². The van der Waals surface area contributed by atoms with E-state index in [1.54, 1.807) is 30.2 Å². The highest BCUT2D eigenvalue weighted by Crippen LogP contribution is 2.38. The van der Waals surface area contributed by atoms with Gasteiger partial charge >= 0.3 is 6.18 Å². The van der Waals surface area contributed by atoms with Crippen molar-refractivity contribution >= 4 is 23.2 Å². The number of carbonyl (C=O) groups excluding carboxylic acids is 2. The third kappa shape index (κ3) is 4.91. The number of piperidine rings is 1. The molecule has 2 amide bonds. The lowest BCUT2D eigenvalue weighted by Gasteiger charge is -2.37. The van der Waals surface area contributed by atoms with Gasteiger partial charge in [0.2, 0.25) is 5.91 Å². The predicted molar refractivity (Wildman–Crippen MR) is 110 cm³/mol. The van der Waals surface area contributed by atoms with E-state index >= 15 is 0 Å². The summed E-state index contributed by atoms with van der Waals surface area (Å²) in [7, 11) is 0. The van der Waals surface area contributed by atoms with Crippen LogP contribution in [0.4, 0.5) is 28.9 Å². The summed E-state index contributed by atoms with van der Waals surface area (Å²) in [5.41, 5.74) is 1.13. The van der Waals surface area contributed by atoms with Crippen molar-refractivity contribution in [1.82, 2.24) is 4.90 Å². The van der Waals surface area contributed by atoms with Crippen molar-refractivity contribution in [3.63, 3.8) is 0 Å². The monoisotopic (exact) mass is 439 g/mol. The van der Waals surface area contributed by atoms with E-state index in [0.29, 0.717) is 24.3 Å². The molecule has 9 heteroatoms. The van der Waals surface area contributed by atoms with Crippen LogP contribution in [0.5, 0.6) is 0 Å². The Hall–Kier alpha value is -2.84. The van der Waals surface area contributed by atoms with Crippen LogP contribution in [-0.4, -0.2) is 42.5 Å². The van der Waals surface area contributed by atoms with Crippen LogP contribution < -0.4 is 9.80 Å². The molecule has 2 heterocycles. The molecule has 0 radical (unpaired) electrons. The van der Waals surface area contributed by atoms with Crippen LogP contribution in [0.2, 0.25) is 0 Å². The number of anilines is 2. The summed E-state index contributed by atoms with van der Waals surface area (Å²) in [5, 5.41) is 0. The van der Waals surface area contributed by atoms with Crippen LogP contribution >= 0.6 is 0 Å². The zero-order valence-corrected chi connectivity index (χ0v) is 17.3. The van der Waals surface area contributed by atoms with Gasteiger partial charge in [0.25, 0.3) is 5.91 Å². The topological polar surface area (TPSA) is 43.9 Å². The van der Waals surface area contributed by atoms with Crippen LogP contribution in [0, 0.1) is 11.7 Å². The molecule has 0 N–H and O–H groups in total. The molecule has 1 aromatic carbocycles. The minimum absolute atomic E-state index is 0.00403. The smallest absolute Gasteiger partial charge is 0.342 e. The Bertz CT molecular complexity index is 897. The number of alkyl halides is 3. The summed E-state index contributed by atoms with van der Waals surface area (Å²) in [5.74, 6) is -2.79. The second-order valence-electron chi connectivity index (χ2n) is 7.71. The molecule has 3 rings (SSSR count). The molecule has 31 heavy (non-hydrogen) atoms. The fourth-order valence-electron chi connectivity index (χ4n) is 3.99. The van der Waals surface area contributed by atoms with Crippen molar-refractivity contribution in [3.8, 4) is 0 Å². The number of allylic oxidation sites excluding steroid dienone is 1. The number of hydrogen-bond acceptors (Lipinski definition) is 3. The molecule has 5 nitrogen and oxygen atoms in total. The minimum atomic E-state index is -4.31. The van der Waals surface area contributed by atoms with Gasteiger partial charge in [0, 0.05) is 32.3 Å². The standard InChI is InChI=1S/C22H25F4N3O2/c1-3-10-28-15(2)21(31)29(19-13-17(23)8-9-18(19)28)12-5-7-20(30)27-11-4-6-16(14-27)22(24,25)26/h3,8-10,13,16H,2,4-7,11-12,14H2,1H3/b10-3-. The second-order valence-corrected chi connectivity index (χ2v) is 7.71. The summed E-state index contributed by atoms with van der Waals surface area (Å²) in [6.45, 7) is 5.71. The van der Waals surface area contributed by atoms with Crippen LogP contribution in [0.25, 0.3) is 0 Å². The summed E-state index contributed by atoms with van der Waals surface area (Å²) < 4.78 is 52.8. The van der Waals surface area contributed by atoms with Crippen LogP contribution in [-0.2, 0) is 9.59 Å². The third-order valence-corrected chi connectivity index (χ3v) is 5.58. The fraction of sp³-hybridized carbons (Fsp3) is 0.455. The van der Waals surface area contributed by atoms with E-state index in [9.17, 15) is 27.2 Å². The van der Waals surface area contributed by atoms with Crippen molar-refractivity contribution in [2.75, 3.05) is 29.4 Å². The van der Waals surface area contributed by atoms with Crippen LogP contribution in [0.3, 0.4) is 0 Å². The zero-order valence-electron chi connectivity index (χ0n) is 17.3. The lowest BCUT2D eigenvalue weighted by atomic mass is 9.97. The van der Waals surface area contributed by atoms with Gasteiger partial charge in [-0.25, -0.2) is 4.39 Å². The average Bonchev–Trinajstić information content (AvgIpc) is 2.73. The number of nitrogens with zero attached hydrogens (tertiary/aromatic N) is 3. The summed E-state index contributed by atoms with van der Waals surface area (Å²) >= 11 is 0. The normalized spacial score (nSPS) is 19.9. The SMILES string of the molecule is C=C1C(=O)N(CCCC(=O)N2CCCC(C(F)(F)F)C2)c2cc(F)ccc2N1/C=C\C. The van der Waals surface area contributed by atoms with E-state index in [-0.39, 0.29) is 44.0 Å². The lowest BCUT2D eigenvalue weighted by molar-refractivity contribution is -0.188. The van der Waals surface area contributed by atoms with E-state index in [1.165, 1.54) is 21.9 Å². The molecule has 0 spiro atoms. The zero-order chi connectivity index (χ0) is 22.8. The Labute approximate surface area is 178 Å². The molecule has 1 aromatic rings. The number of halogens is 4. The number of likely N-dealkylation sites (tertiary alicyclic amines) is 1. The van der Waals surface area contributed by atoms with Gasteiger partial charge in [-0.1, -0.05) is 12.7 Å². The highest BCUT2D eigenvalue weighted by Gasteiger charge is 2.42. The highest BCUT2D eigenvalue weighted by atomic mass is 19.4. The van der Waals surface area contributed by atoms with E-state index in [4.69, 9.17) is 0 Å². The maximum Gasteiger partial charge on any atom is 0.393 e. The Morgan fingerprint density at radius 3 is 2.71 bits per heavy atom. The highest BCUT2D eigenvalue weighted by molar-refractivity contribution is 6.13. The molecule has 2 aliphatic rings. The Morgan fingerprint density at radius 1 is 1.29 bits per heavy atom. The molecule has 0 aliphatic carbocycles. The van der Waals surface area contributed by atoms with Crippen molar-refractivity contribution in [2.45, 2.75) is 38.8 Å². The lowest BCUT2D eigenvalue weighted by Crippen LogP contribution is -2.45. The number of amides is 2. The predicted octanol–water partition coefficient (Wildman–Crippen LogP) is 4.61. The minimum Gasteiger partial charge on any atom is -0.342 e. The first-order valence-electron chi connectivity index (χ1n) is 10.2. The molecule has 1 unspecified atom stereocenters. The summed E-state index contributed by atoms with van der Waals surface area (Å²) in [6.07, 6.45) is -0.338. The Morgan fingerprint density at radius 2 is 2.03 bits per heavy atom. The average molecular weight is 439 g/mol. The largest absolute Gasteiger partial charge is 0.393 e. The maximum atomic E-state index is 13.9. The number of rotatable bonds is 5. The first kappa shape index (κ1) is 22.8. The van der Waals surface area contributed by atoms with Gasteiger partial charge in [-0.3, -0.25) is 9.59 Å². The van der Waals surface area contributed by atoms with Crippen LogP contribution in [0.1, 0.15) is 32.6 Å². The Kier molecular flexibility index (Phi) is 6.71. The third-order valence-electron chi connectivity index (χ3n) is 5.58.